The van der Waals surface area contributed by atoms with Crippen LogP contribution in [-0.4, -0.2) is 22.5 Å². The number of hydrogen-bond acceptors (Lipinski definition) is 4. The number of nitrogens with one attached hydrogen (secondary N) is 1. The largest absolute Gasteiger partial charge is 0.383 e. The zero-order valence-corrected chi connectivity index (χ0v) is 13.7. The van der Waals surface area contributed by atoms with Gasteiger partial charge in [-0.15, -0.1) is 0 Å². The Morgan fingerprint density at radius 1 is 1.21 bits per heavy atom. The molecule has 5 nitrogen and oxygen atoms in total. The second-order valence-electron chi connectivity index (χ2n) is 6.24. The summed E-state index contributed by atoms with van der Waals surface area (Å²) in [6.07, 6.45) is 2.89. The summed E-state index contributed by atoms with van der Waals surface area (Å²) < 4.78 is 1.61. The Bertz CT molecular complexity index is 947. The molecule has 5 heteroatoms. The average Bonchev–Trinajstić information content (AvgIpc) is 2.78. The summed E-state index contributed by atoms with van der Waals surface area (Å²) >= 11 is 0. The first-order valence-electron chi connectivity index (χ1n) is 8.27. The van der Waals surface area contributed by atoms with Gasteiger partial charge in [-0.05, 0) is 37.1 Å². The summed E-state index contributed by atoms with van der Waals surface area (Å²) in [5.74, 6) is 0. The first kappa shape index (κ1) is 14.8. The van der Waals surface area contributed by atoms with Gasteiger partial charge in [-0.3, -0.25) is 9.20 Å². The topological polar surface area (TPSA) is 49.6 Å². The van der Waals surface area contributed by atoms with Gasteiger partial charge in [0.1, 0.15) is 5.65 Å². The van der Waals surface area contributed by atoms with E-state index in [2.05, 4.69) is 27.3 Å². The van der Waals surface area contributed by atoms with Crippen LogP contribution in [0.4, 0.5) is 11.4 Å². The molecule has 1 aliphatic heterocycles. The van der Waals surface area contributed by atoms with Crippen molar-refractivity contribution in [2.75, 3.05) is 23.3 Å². The van der Waals surface area contributed by atoms with Gasteiger partial charge in [0.15, 0.2) is 0 Å². The van der Waals surface area contributed by atoms with Gasteiger partial charge in [-0.2, -0.15) is 0 Å². The van der Waals surface area contributed by atoms with Crippen molar-refractivity contribution in [1.82, 2.24) is 9.38 Å². The summed E-state index contributed by atoms with van der Waals surface area (Å²) in [5, 5.41) is 3.46. The molecular formula is C19H20N4O. The Labute approximate surface area is 140 Å². The van der Waals surface area contributed by atoms with Crippen LogP contribution in [-0.2, 0) is 6.54 Å². The van der Waals surface area contributed by atoms with Crippen LogP contribution >= 0.6 is 0 Å². The summed E-state index contributed by atoms with van der Waals surface area (Å²) in [6.45, 7) is 4.51. The van der Waals surface area contributed by atoms with Crippen LogP contribution in [0.2, 0.25) is 0 Å². The fraction of sp³-hybridized carbons (Fsp3) is 0.263. The molecule has 1 aliphatic rings. The summed E-state index contributed by atoms with van der Waals surface area (Å²) in [5.41, 5.74) is 4.83. The predicted octanol–water partition coefficient (Wildman–Crippen LogP) is 2.83. The van der Waals surface area contributed by atoms with Gasteiger partial charge in [-0.1, -0.05) is 18.2 Å². The van der Waals surface area contributed by atoms with E-state index < -0.39 is 0 Å². The number of hydrogen-bond donors (Lipinski definition) is 1. The van der Waals surface area contributed by atoms with Crippen LogP contribution in [0.3, 0.4) is 0 Å². The van der Waals surface area contributed by atoms with Crippen LogP contribution in [0.15, 0.2) is 53.5 Å². The van der Waals surface area contributed by atoms with Crippen LogP contribution in [0.5, 0.6) is 0 Å². The van der Waals surface area contributed by atoms with Gasteiger partial charge in [0.2, 0.25) is 0 Å². The van der Waals surface area contributed by atoms with Gasteiger partial charge >= 0.3 is 0 Å². The molecule has 0 saturated carbocycles. The maximum Gasteiger partial charge on any atom is 0.258 e. The van der Waals surface area contributed by atoms with E-state index in [4.69, 9.17) is 0 Å². The number of aromatic nitrogens is 2. The highest BCUT2D eigenvalue weighted by Gasteiger charge is 2.16. The number of nitrogens with zero attached hydrogens (tertiary/aromatic N) is 3. The minimum absolute atomic E-state index is 0.0278. The Morgan fingerprint density at radius 2 is 2.08 bits per heavy atom. The first-order valence-corrected chi connectivity index (χ1v) is 8.27. The van der Waals surface area contributed by atoms with E-state index in [1.165, 1.54) is 5.69 Å². The minimum atomic E-state index is -0.0278. The zero-order chi connectivity index (χ0) is 16.5. The van der Waals surface area contributed by atoms with Crippen molar-refractivity contribution in [1.29, 1.82) is 0 Å². The summed E-state index contributed by atoms with van der Waals surface area (Å²) in [6, 6.07) is 13.8. The number of fused-ring (bicyclic) bond motifs is 2. The molecule has 3 heterocycles. The Morgan fingerprint density at radius 3 is 3.00 bits per heavy atom. The minimum Gasteiger partial charge on any atom is -0.383 e. The van der Waals surface area contributed by atoms with Crippen molar-refractivity contribution < 1.29 is 0 Å². The molecule has 0 amide bonds. The van der Waals surface area contributed by atoms with Gasteiger partial charge < -0.3 is 10.2 Å². The number of para-hydroxylation sites is 2. The second kappa shape index (κ2) is 6.00. The molecule has 0 fully saturated rings. The van der Waals surface area contributed by atoms with E-state index in [9.17, 15) is 4.79 Å². The lowest BCUT2D eigenvalue weighted by Crippen LogP contribution is -2.26. The monoisotopic (exact) mass is 320 g/mol. The third kappa shape index (κ3) is 2.73. The van der Waals surface area contributed by atoms with Crippen molar-refractivity contribution in [2.24, 2.45) is 0 Å². The van der Waals surface area contributed by atoms with Crippen LogP contribution in [0, 0.1) is 6.92 Å². The van der Waals surface area contributed by atoms with Gasteiger partial charge in [-0.25, -0.2) is 4.98 Å². The van der Waals surface area contributed by atoms with E-state index in [0.29, 0.717) is 12.2 Å². The molecule has 0 radical (unpaired) electrons. The summed E-state index contributed by atoms with van der Waals surface area (Å²) in [7, 11) is 0. The average molecular weight is 320 g/mol. The molecule has 2 aromatic heterocycles. The molecule has 0 spiro atoms. The fourth-order valence-electron chi connectivity index (χ4n) is 3.21. The molecule has 0 atom stereocenters. The molecule has 1 N–H and O–H groups in total. The highest BCUT2D eigenvalue weighted by molar-refractivity contribution is 5.70. The molecular weight excluding hydrogens is 300 g/mol. The van der Waals surface area contributed by atoms with E-state index in [0.717, 1.165) is 36.5 Å². The first-order chi connectivity index (χ1) is 11.7. The molecule has 3 aromatic rings. The number of rotatable bonds is 2. The fourth-order valence-corrected chi connectivity index (χ4v) is 3.21. The van der Waals surface area contributed by atoms with E-state index in [1.807, 2.05) is 37.4 Å². The van der Waals surface area contributed by atoms with Crippen molar-refractivity contribution >= 4 is 17.0 Å². The van der Waals surface area contributed by atoms with E-state index in [-0.39, 0.29) is 5.56 Å². The molecule has 0 unspecified atom stereocenters. The van der Waals surface area contributed by atoms with Crippen LogP contribution in [0.25, 0.3) is 5.65 Å². The Hall–Kier alpha value is -2.82. The Balaban J connectivity index is 1.72. The molecule has 1 aromatic carbocycles. The van der Waals surface area contributed by atoms with Crippen molar-refractivity contribution in [2.45, 2.75) is 19.9 Å². The van der Waals surface area contributed by atoms with Gasteiger partial charge in [0.25, 0.3) is 5.56 Å². The summed E-state index contributed by atoms with van der Waals surface area (Å²) in [4.78, 5) is 19.4. The smallest absolute Gasteiger partial charge is 0.258 e. The van der Waals surface area contributed by atoms with E-state index in [1.54, 1.807) is 10.5 Å². The van der Waals surface area contributed by atoms with Crippen LogP contribution in [0.1, 0.15) is 17.7 Å². The number of pyridine rings is 1. The van der Waals surface area contributed by atoms with Crippen LogP contribution < -0.4 is 15.8 Å². The standard InChI is InChI=1S/C19H20N4O/c1-14-7-8-18-21-15(11-19(24)23(18)12-14)13-22-10-4-9-20-16-5-2-3-6-17(16)22/h2-3,5-8,11-12,20H,4,9-10,13H2,1H3. The lowest BCUT2D eigenvalue weighted by Gasteiger charge is -2.24. The third-order valence-electron chi connectivity index (χ3n) is 4.38. The lowest BCUT2D eigenvalue weighted by atomic mass is 10.2. The molecule has 122 valence electrons. The third-order valence-corrected chi connectivity index (χ3v) is 4.38. The highest BCUT2D eigenvalue weighted by Crippen LogP contribution is 2.28. The lowest BCUT2D eigenvalue weighted by molar-refractivity contribution is 0.749. The number of benzene rings is 1. The van der Waals surface area contributed by atoms with Gasteiger partial charge in [0.05, 0.1) is 23.6 Å². The normalized spacial score (nSPS) is 14.1. The maximum atomic E-state index is 12.4. The van der Waals surface area contributed by atoms with Crippen molar-refractivity contribution in [3.8, 4) is 0 Å². The SMILES string of the molecule is Cc1ccc2nc(CN3CCCNc4ccccc43)cc(=O)n2c1. The molecule has 24 heavy (non-hydrogen) atoms. The van der Waals surface area contributed by atoms with Crippen molar-refractivity contribution in [3.63, 3.8) is 0 Å². The maximum absolute atomic E-state index is 12.4. The second-order valence-corrected chi connectivity index (χ2v) is 6.24. The predicted molar refractivity (Wildman–Crippen MR) is 96.8 cm³/mol. The quantitative estimate of drug-likeness (QED) is 0.789. The van der Waals surface area contributed by atoms with E-state index >= 15 is 0 Å². The number of anilines is 2. The molecule has 4 rings (SSSR count). The molecule has 0 bridgehead atoms. The zero-order valence-electron chi connectivity index (χ0n) is 13.7. The Kier molecular flexibility index (Phi) is 3.69. The number of aryl methyl sites for hydroxylation is 1. The highest BCUT2D eigenvalue weighted by atomic mass is 16.1. The van der Waals surface area contributed by atoms with Gasteiger partial charge in [0, 0.05) is 25.4 Å². The molecule has 0 saturated heterocycles. The molecule has 0 aliphatic carbocycles. The van der Waals surface area contributed by atoms with Crippen molar-refractivity contribution in [3.05, 3.63) is 70.3 Å².